The predicted octanol–water partition coefficient (Wildman–Crippen LogP) is 4.03. The van der Waals surface area contributed by atoms with Gasteiger partial charge in [0.15, 0.2) is 0 Å². The highest BCUT2D eigenvalue weighted by molar-refractivity contribution is 7.13. The lowest BCUT2D eigenvalue weighted by atomic mass is 9.95. The molecule has 0 spiro atoms. The summed E-state index contributed by atoms with van der Waals surface area (Å²) in [5.74, 6) is 0.352. The zero-order chi connectivity index (χ0) is 21.0. The van der Waals surface area contributed by atoms with Crippen molar-refractivity contribution in [3.05, 3.63) is 44.1 Å². The van der Waals surface area contributed by atoms with Crippen LogP contribution < -0.4 is 10.6 Å². The van der Waals surface area contributed by atoms with Crippen LogP contribution in [0.15, 0.2) is 12.3 Å². The predicted molar refractivity (Wildman–Crippen MR) is 106 cm³/mol. The van der Waals surface area contributed by atoms with Gasteiger partial charge >= 0.3 is 6.18 Å². The lowest BCUT2D eigenvalue weighted by Gasteiger charge is -2.21. The third-order valence-corrected chi connectivity index (χ3v) is 6.37. The molecule has 0 saturated carbocycles. The van der Waals surface area contributed by atoms with Gasteiger partial charge in [-0.1, -0.05) is 11.6 Å². The van der Waals surface area contributed by atoms with Crippen molar-refractivity contribution in [2.45, 2.75) is 38.8 Å². The molecule has 0 aromatic carbocycles. The summed E-state index contributed by atoms with van der Waals surface area (Å²) in [5, 5.41) is 7.02. The Bertz CT molecular complexity index is 866. The molecule has 0 radical (unpaired) electrons. The van der Waals surface area contributed by atoms with Crippen molar-refractivity contribution in [2.75, 3.05) is 19.6 Å². The second-order valence-corrected chi connectivity index (χ2v) is 8.57. The average Bonchev–Trinajstić information content (AvgIpc) is 3.03. The van der Waals surface area contributed by atoms with E-state index in [9.17, 15) is 18.0 Å². The summed E-state index contributed by atoms with van der Waals surface area (Å²) in [7, 11) is 0. The lowest BCUT2D eigenvalue weighted by molar-refractivity contribution is -0.137. The summed E-state index contributed by atoms with van der Waals surface area (Å²) in [6, 6.07) is 0.853. The minimum atomic E-state index is -4.49. The van der Waals surface area contributed by atoms with Crippen LogP contribution in [0.4, 0.5) is 13.2 Å². The second-order valence-electron chi connectivity index (χ2n) is 7.08. The Morgan fingerprint density at radius 2 is 2.10 bits per heavy atom. The molecule has 1 saturated heterocycles. The summed E-state index contributed by atoms with van der Waals surface area (Å²) >= 11 is 7.31. The zero-order valence-electron chi connectivity index (χ0n) is 15.9. The van der Waals surface area contributed by atoms with E-state index >= 15 is 0 Å². The fraction of sp³-hybridized carbons (Fsp3) is 0.526. The summed E-state index contributed by atoms with van der Waals surface area (Å²) < 4.78 is 38.0. The molecule has 0 unspecified atom stereocenters. The highest BCUT2D eigenvalue weighted by atomic mass is 35.5. The average molecular weight is 447 g/mol. The lowest BCUT2D eigenvalue weighted by Crippen LogP contribution is -2.28. The van der Waals surface area contributed by atoms with Crippen molar-refractivity contribution in [3.63, 3.8) is 0 Å². The van der Waals surface area contributed by atoms with Crippen LogP contribution in [0.3, 0.4) is 0 Å². The number of piperidine rings is 1. The van der Waals surface area contributed by atoms with E-state index < -0.39 is 11.7 Å². The van der Waals surface area contributed by atoms with Crippen molar-refractivity contribution in [1.29, 1.82) is 0 Å². The first-order chi connectivity index (χ1) is 13.7. The van der Waals surface area contributed by atoms with Crippen LogP contribution >= 0.6 is 22.9 Å². The van der Waals surface area contributed by atoms with Gasteiger partial charge in [-0.15, -0.1) is 11.3 Å². The summed E-state index contributed by atoms with van der Waals surface area (Å²) in [5.41, 5.74) is 0.117. The third kappa shape index (κ3) is 5.90. The van der Waals surface area contributed by atoms with Crippen LogP contribution in [0.25, 0.3) is 0 Å². The van der Waals surface area contributed by atoms with Crippen LogP contribution in [0.5, 0.6) is 0 Å². The minimum absolute atomic E-state index is 0.0627. The van der Waals surface area contributed by atoms with E-state index in [-0.39, 0.29) is 23.9 Å². The smallest absolute Gasteiger partial charge is 0.351 e. The number of halogens is 4. The summed E-state index contributed by atoms with van der Waals surface area (Å²) in [6.07, 6.45) is -0.390. The molecule has 1 aliphatic rings. The van der Waals surface area contributed by atoms with Crippen molar-refractivity contribution in [2.24, 2.45) is 5.92 Å². The van der Waals surface area contributed by atoms with Crippen LogP contribution in [-0.2, 0) is 19.0 Å². The molecule has 2 aromatic rings. The number of aryl methyl sites for hydroxylation is 1. The Balaban J connectivity index is 1.54. The van der Waals surface area contributed by atoms with Gasteiger partial charge in [0.1, 0.15) is 4.88 Å². The maximum absolute atomic E-state index is 12.7. The SMILES string of the molecule is Cc1nc(CC2CCNCC2)sc1C(=O)NCCc1ncc(C(F)(F)F)cc1Cl. The number of amides is 1. The molecular weight excluding hydrogens is 425 g/mol. The van der Waals surface area contributed by atoms with Gasteiger partial charge in [-0.05, 0) is 44.8 Å². The molecule has 0 aliphatic carbocycles. The molecule has 5 nitrogen and oxygen atoms in total. The number of carbonyl (C=O) groups excluding carboxylic acids is 1. The Hall–Kier alpha value is -1.71. The third-order valence-electron chi connectivity index (χ3n) is 4.86. The number of pyridine rings is 1. The van der Waals surface area contributed by atoms with E-state index in [4.69, 9.17) is 11.6 Å². The molecule has 2 N–H and O–H groups in total. The summed E-state index contributed by atoms with van der Waals surface area (Å²) in [6.45, 7) is 4.06. The fourth-order valence-electron chi connectivity index (χ4n) is 3.26. The van der Waals surface area contributed by atoms with Gasteiger partial charge in [0.2, 0.25) is 0 Å². The molecular formula is C19H22ClF3N4OS. The quantitative estimate of drug-likeness (QED) is 0.703. The molecule has 0 bridgehead atoms. The van der Waals surface area contributed by atoms with Gasteiger partial charge in [-0.2, -0.15) is 13.2 Å². The first-order valence-corrected chi connectivity index (χ1v) is 10.6. The van der Waals surface area contributed by atoms with Gasteiger partial charge in [0.25, 0.3) is 5.91 Å². The largest absolute Gasteiger partial charge is 0.417 e. The molecule has 29 heavy (non-hydrogen) atoms. The second kappa shape index (κ2) is 9.40. The molecule has 1 amide bonds. The summed E-state index contributed by atoms with van der Waals surface area (Å²) in [4.78, 5) is 21.4. The molecule has 3 rings (SSSR count). The molecule has 2 aromatic heterocycles. The van der Waals surface area contributed by atoms with Gasteiger partial charge < -0.3 is 10.6 Å². The maximum Gasteiger partial charge on any atom is 0.417 e. The first-order valence-electron chi connectivity index (χ1n) is 9.41. The van der Waals surface area contributed by atoms with Crippen molar-refractivity contribution in [3.8, 4) is 0 Å². The molecule has 0 atom stereocenters. The number of hydrogen-bond acceptors (Lipinski definition) is 5. The number of aromatic nitrogens is 2. The van der Waals surface area contributed by atoms with Crippen LogP contribution in [-0.4, -0.2) is 35.5 Å². The van der Waals surface area contributed by atoms with Crippen molar-refractivity contribution < 1.29 is 18.0 Å². The highest BCUT2D eigenvalue weighted by Crippen LogP contribution is 2.31. The van der Waals surface area contributed by atoms with Crippen LogP contribution in [0.2, 0.25) is 5.02 Å². The molecule has 1 fully saturated rings. The van der Waals surface area contributed by atoms with Crippen LogP contribution in [0, 0.1) is 12.8 Å². The number of nitrogens with one attached hydrogen (secondary N) is 2. The Labute approximate surface area is 176 Å². The molecule has 1 aliphatic heterocycles. The van der Waals surface area contributed by atoms with Gasteiger partial charge in [-0.3, -0.25) is 9.78 Å². The zero-order valence-corrected chi connectivity index (χ0v) is 17.5. The van der Waals surface area contributed by atoms with E-state index in [0.717, 1.165) is 49.6 Å². The van der Waals surface area contributed by atoms with Gasteiger partial charge in [-0.25, -0.2) is 4.98 Å². The van der Waals surface area contributed by atoms with Gasteiger partial charge in [0, 0.05) is 25.6 Å². The van der Waals surface area contributed by atoms with Crippen molar-refractivity contribution >= 4 is 28.8 Å². The van der Waals surface area contributed by atoms with E-state index in [0.29, 0.717) is 22.2 Å². The monoisotopic (exact) mass is 446 g/mol. The Kier molecular flexibility index (Phi) is 7.13. The number of hydrogen-bond donors (Lipinski definition) is 2. The fourth-order valence-corrected chi connectivity index (χ4v) is 4.62. The van der Waals surface area contributed by atoms with Gasteiger partial charge in [0.05, 0.1) is 27.0 Å². The Morgan fingerprint density at radius 1 is 1.38 bits per heavy atom. The number of nitrogens with zero attached hydrogens (tertiary/aromatic N) is 2. The number of carbonyl (C=O) groups is 1. The topological polar surface area (TPSA) is 66.9 Å². The van der Waals surface area contributed by atoms with E-state index in [1.165, 1.54) is 11.3 Å². The normalized spacial score (nSPS) is 15.5. The first kappa shape index (κ1) is 22.0. The molecule has 10 heteroatoms. The minimum Gasteiger partial charge on any atom is -0.351 e. The number of rotatable bonds is 6. The Morgan fingerprint density at radius 3 is 2.76 bits per heavy atom. The standard InChI is InChI=1S/C19H22ClF3N4OS/c1-11-17(29-16(27-11)8-12-2-5-24-6-3-12)18(28)25-7-4-15-14(20)9-13(10-26-15)19(21,22)23/h9-10,12,24H,2-8H2,1H3,(H,25,28). The maximum atomic E-state index is 12.7. The van der Waals surface area contributed by atoms with Crippen molar-refractivity contribution in [1.82, 2.24) is 20.6 Å². The number of alkyl halides is 3. The molecule has 3 heterocycles. The molecule has 158 valence electrons. The van der Waals surface area contributed by atoms with E-state index in [1.807, 2.05) is 6.92 Å². The van der Waals surface area contributed by atoms with E-state index in [2.05, 4.69) is 20.6 Å². The van der Waals surface area contributed by atoms with E-state index in [1.54, 1.807) is 0 Å². The van der Waals surface area contributed by atoms with Crippen LogP contribution in [0.1, 0.15) is 44.5 Å². The number of thiazole rings is 1. The highest BCUT2D eigenvalue weighted by Gasteiger charge is 2.31.